The van der Waals surface area contributed by atoms with Crippen LogP contribution in [0, 0.1) is 0 Å². The molecule has 0 spiro atoms. The predicted molar refractivity (Wildman–Crippen MR) is 66.0 cm³/mol. The Kier molecular flexibility index (Phi) is 3.93. The number of carboxylic acid groups (broad SMARTS) is 1. The average Bonchev–Trinajstić information content (AvgIpc) is 2.72. The smallest absolute Gasteiger partial charge is 0.336 e. The summed E-state index contributed by atoms with van der Waals surface area (Å²) in [6.45, 7) is 0. The number of pyridine rings is 1. The van der Waals surface area contributed by atoms with E-state index in [-0.39, 0.29) is 6.42 Å². The van der Waals surface area contributed by atoms with E-state index in [0.29, 0.717) is 5.75 Å². The summed E-state index contributed by atoms with van der Waals surface area (Å²) in [6, 6.07) is 3.78. The average molecular weight is 265 g/mol. The Labute approximate surface area is 108 Å². The number of hydrogen-bond donors (Lipinski definition) is 2. The van der Waals surface area contributed by atoms with E-state index >= 15 is 0 Å². The number of thioether (sulfide) groups is 1. The van der Waals surface area contributed by atoms with Crippen molar-refractivity contribution in [3.63, 3.8) is 0 Å². The van der Waals surface area contributed by atoms with Gasteiger partial charge in [0.15, 0.2) is 0 Å². The van der Waals surface area contributed by atoms with Gasteiger partial charge < -0.3 is 5.11 Å². The third-order valence-corrected chi connectivity index (χ3v) is 3.41. The van der Waals surface area contributed by atoms with E-state index in [2.05, 4.69) is 15.2 Å². The molecule has 0 fully saturated rings. The molecule has 0 unspecified atom stereocenters. The molecule has 94 valence electrons. The normalized spacial score (nSPS) is 10.5. The third kappa shape index (κ3) is 2.86. The molecule has 2 N–H and O–H groups in total. The first kappa shape index (κ1) is 12.6. The largest absolute Gasteiger partial charge is 0.481 e. The Morgan fingerprint density at radius 1 is 1.50 bits per heavy atom. The summed E-state index contributed by atoms with van der Waals surface area (Å²) in [4.78, 5) is 14.4. The van der Waals surface area contributed by atoms with Crippen LogP contribution in [-0.2, 0) is 11.8 Å². The molecule has 0 aliphatic heterocycles. The van der Waals surface area contributed by atoms with Crippen LogP contribution in [0.1, 0.15) is 6.42 Å². The molecule has 18 heavy (non-hydrogen) atoms. The minimum absolute atomic E-state index is 0.127. The van der Waals surface area contributed by atoms with Crippen LogP contribution >= 0.6 is 11.8 Å². The van der Waals surface area contributed by atoms with E-state index in [1.165, 1.54) is 11.8 Å². The van der Waals surface area contributed by atoms with Gasteiger partial charge >= 0.3 is 11.1 Å². The van der Waals surface area contributed by atoms with Crippen LogP contribution in [0.3, 0.4) is 0 Å². The first-order chi connectivity index (χ1) is 8.68. The Morgan fingerprint density at radius 2 is 2.22 bits per heavy atom. The molecule has 0 atom stereocenters. The number of H-pyrrole nitrogens is 1. The van der Waals surface area contributed by atoms with Gasteiger partial charge in [0.1, 0.15) is 0 Å². The van der Waals surface area contributed by atoms with Crippen molar-refractivity contribution < 1.29 is 14.5 Å². The molecule has 0 bridgehead atoms. The zero-order valence-electron chi connectivity index (χ0n) is 9.83. The lowest BCUT2D eigenvalue weighted by Gasteiger charge is -1.96. The maximum absolute atomic E-state index is 10.4. The third-order valence-electron chi connectivity index (χ3n) is 2.38. The van der Waals surface area contributed by atoms with Gasteiger partial charge in [-0.15, -0.1) is 5.10 Å². The Balaban J connectivity index is 2.12. The fraction of sp³-hybridized carbons (Fsp3) is 0.273. The van der Waals surface area contributed by atoms with E-state index in [1.54, 1.807) is 12.4 Å². The minimum atomic E-state index is -0.796. The second-order valence-corrected chi connectivity index (χ2v) is 4.70. The number of carbonyl (C=O) groups is 1. The fourth-order valence-electron chi connectivity index (χ4n) is 1.47. The van der Waals surface area contributed by atoms with Crippen LogP contribution in [-0.4, -0.2) is 32.0 Å². The highest BCUT2D eigenvalue weighted by atomic mass is 32.2. The molecule has 0 saturated heterocycles. The maximum atomic E-state index is 10.4. The van der Waals surface area contributed by atoms with Crippen molar-refractivity contribution >= 4 is 17.7 Å². The standard InChI is InChI=1S/C11H12N4O2S/c1-15-10(8-2-5-12-6-3-8)13-14-11(15)18-7-4-9(16)17/h2-3,5-6H,4,7H2,1H3,(H,16,17)/p+1. The van der Waals surface area contributed by atoms with E-state index < -0.39 is 5.97 Å². The first-order valence-corrected chi connectivity index (χ1v) is 6.36. The number of carboxylic acids is 1. The second kappa shape index (κ2) is 5.63. The predicted octanol–water partition coefficient (Wildman–Crippen LogP) is 0.863. The number of hydrogen-bond acceptors (Lipinski definition) is 4. The highest BCUT2D eigenvalue weighted by Gasteiger charge is 2.18. The van der Waals surface area contributed by atoms with Crippen LogP contribution in [0.15, 0.2) is 29.7 Å². The second-order valence-electron chi connectivity index (χ2n) is 3.64. The summed E-state index contributed by atoms with van der Waals surface area (Å²) in [5.74, 6) is 0.578. The Morgan fingerprint density at radius 3 is 2.89 bits per heavy atom. The molecule has 0 radical (unpaired) electrons. The summed E-state index contributed by atoms with van der Waals surface area (Å²) in [6.07, 6.45) is 3.56. The lowest BCUT2D eigenvalue weighted by molar-refractivity contribution is -0.698. The van der Waals surface area contributed by atoms with Gasteiger partial charge in [0.25, 0.3) is 5.82 Å². The molecule has 7 heteroatoms. The van der Waals surface area contributed by atoms with Gasteiger partial charge in [-0.1, -0.05) is 0 Å². The van der Waals surface area contributed by atoms with Crippen molar-refractivity contribution in [2.24, 2.45) is 7.05 Å². The van der Waals surface area contributed by atoms with Gasteiger partial charge in [-0.3, -0.25) is 9.78 Å². The van der Waals surface area contributed by atoms with E-state index in [4.69, 9.17) is 5.11 Å². The number of nitrogens with zero attached hydrogens (tertiary/aromatic N) is 3. The molecule has 6 nitrogen and oxygen atoms in total. The zero-order chi connectivity index (χ0) is 13.0. The highest BCUT2D eigenvalue weighted by molar-refractivity contribution is 7.99. The minimum Gasteiger partial charge on any atom is -0.481 e. The Hall–Kier alpha value is -1.89. The summed E-state index contributed by atoms with van der Waals surface area (Å²) in [7, 11) is 1.89. The molecule has 2 aromatic rings. The molecule has 2 rings (SSSR count). The van der Waals surface area contributed by atoms with Crippen molar-refractivity contribution in [3.8, 4) is 11.4 Å². The summed E-state index contributed by atoms with van der Waals surface area (Å²) < 4.78 is 1.90. The number of nitrogens with one attached hydrogen (secondary N) is 1. The number of aromatic amines is 1. The van der Waals surface area contributed by atoms with Crippen LogP contribution in [0.4, 0.5) is 0 Å². The molecular formula is C11H13N4O2S+. The Bertz CT molecular complexity index is 541. The van der Waals surface area contributed by atoms with Crippen LogP contribution < -0.4 is 4.57 Å². The molecule has 0 amide bonds. The number of aliphatic carboxylic acids is 1. The van der Waals surface area contributed by atoms with E-state index in [9.17, 15) is 4.79 Å². The fourth-order valence-corrected chi connectivity index (χ4v) is 2.33. The number of rotatable bonds is 5. The SMILES string of the molecule is C[n+]1c(SCCC(=O)O)n[nH]c1-c1ccncc1. The lowest BCUT2D eigenvalue weighted by Crippen LogP contribution is -2.31. The van der Waals surface area contributed by atoms with E-state index in [1.807, 2.05) is 23.7 Å². The van der Waals surface area contributed by atoms with Crippen molar-refractivity contribution in [3.05, 3.63) is 24.5 Å². The maximum Gasteiger partial charge on any atom is 0.336 e. The molecule has 2 aromatic heterocycles. The quantitative estimate of drug-likeness (QED) is 0.619. The van der Waals surface area contributed by atoms with Gasteiger partial charge in [0.2, 0.25) is 0 Å². The highest BCUT2D eigenvalue weighted by Crippen LogP contribution is 2.16. The van der Waals surface area contributed by atoms with Crippen LogP contribution in [0.2, 0.25) is 0 Å². The topological polar surface area (TPSA) is 82.8 Å². The molecule has 2 heterocycles. The van der Waals surface area contributed by atoms with Gasteiger partial charge in [-0.2, -0.15) is 0 Å². The molecular weight excluding hydrogens is 252 g/mol. The molecule has 0 aromatic carbocycles. The van der Waals surface area contributed by atoms with Gasteiger partial charge in [0, 0.05) is 18.1 Å². The monoisotopic (exact) mass is 265 g/mol. The van der Waals surface area contributed by atoms with Crippen LogP contribution in [0.5, 0.6) is 0 Å². The van der Waals surface area contributed by atoms with Gasteiger partial charge in [-0.05, 0) is 23.9 Å². The molecule has 0 aliphatic rings. The molecule has 0 saturated carbocycles. The number of aromatic nitrogens is 4. The van der Waals surface area contributed by atoms with Crippen molar-refractivity contribution in [2.45, 2.75) is 11.6 Å². The van der Waals surface area contributed by atoms with Crippen molar-refractivity contribution in [1.29, 1.82) is 0 Å². The van der Waals surface area contributed by atoms with Crippen molar-refractivity contribution in [2.75, 3.05) is 5.75 Å². The van der Waals surface area contributed by atoms with Crippen molar-refractivity contribution in [1.82, 2.24) is 15.2 Å². The van der Waals surface area contributed by atoms with Gasteiger partial charge in [0.05, 0.1) is 24.1 Å². The summed E-state index contributed by atoms with van der Waals surface area (Å²) in [5, 5.41) is 16.5. The molecule has 0 aliphatic carbocycles. The summed E-state index contributed by atoms with van der Waals surface area (Å²) >= 11 is 1.42. The lowest BCUT2D eigenvalue weighted by atomic mass is 10.2. The zero-order valence-corrected chi connectivity index (χ0v) is 10.6. The van der Waals surface area contributed by atoms with Crippen LogP contribution in [0.25, 0.3) is 11.4 Å². The van der Waals surface area contributed by atoms with E-state index in [0.717, 1.165) is 16.5 Å². The van der Waals surface area contributed by atoms with Gasteiger partial charge in [-0.25, -0.2) is 4.57 Å². The first-order valence-electron chi connectivity index (χ1n) is 5.38. The summed E-state index contributed by atoms with van der Waals surface area (Å²) in [5.41, 5.74) is 0.991.